The number of hydrogen-bond donors (Lipinski definition) is 1. The summed E-state index contributed by atoms with van der Waals surface area (Å²) in [6.07, 6.45) is 0. The Morgan fingerprint density at radius 3 is 2.40 bits per heavy atom. The van der Waals surface area contributed by atoms with E-state index in [0.717, 1.165) is 27.6 Å². The van der Waals surface area contributed by atoms with Crippen molar-refractivity contribution in [3.8, 4) is 16.9 Å². The third kappa shape index (κ3) is 1.88. The normalized spacial score (nSPS) is 10.9. The van der Waals surface area contributed by atoms with Gasteiger partial charge in [0.15, 0.2) is 0 Å². The van der Waals surface area contributed by atoms with Crippen molar-refractivity contribution >= 4 is 11.0 Å². The van der Waals surface area contributed by atoms with E-state index >= 15 is 0 Å². The topological polar surface area (TPSA) is 50.4 Å². The molecule has 0 atom stereocenters. The van der Waals surface area contributed by atoms with Crippen LogP contribution in [0.2, 0.25) is 0 Å². The standard InChI is InChI=1S/C17H14O3/c1-10-11(2)17-13(12-6-4-3-5-7-12)8-16(19)20-15(17)9-14(10)18/h3-9,18H,1-2H3. The summed E-state index contributed by atoms with van der Waals surface area (Å²) in [5, 5.41) is 10.8. The maximum absolute atomic E-state index is 11.7. The van der Waals surface area contributed by atoms with Gasteiger partial charge in [-0.3, -0.25) is 0 Å². The molecule has 0 saturated carbocycles. The summed E-state index contributed by atoms with van der Waals surface area (Å²) in [4.78, 5) is 11.7. The van der Waals surface area contributed by atoms with E-state index < -0.39 is 5.63 Å². The Bertz CT molecular complexity index is 845. The zero-order valence-electron chi connectivity index (χ0n) is 11.3. The van der Waals surface area contributed by atoms with Crippen LogP contribution in [0.1, 0.15) is 11.1 Å². The van der Waals surface area contributed by atoms with Gasteiger partial charge in [0.2, 0.25) is 0 Å². The number of aryl methyl sites for hydroxylation is 1. The van der Waals surface area contributed by atoms with E-state index in [0.29, 0.717) is 5.58 Å². The number of rotatable bonds is 1. The smallest absolute Gasteiger partial charge is 0.336 e. The molecule has 100 valence electrons. The van der Waals surface area contributed by atoms with Gasteiger partial charge in [-0.05, 0) is 30.5 Å². The monoisotopic (exact) mass is 266 g/mol. The van der Waals surface area contributed by atoms with Crippen LogP contribution in [0.25, 0.3) is 22.1 Å². The van der Waals surface area contributed by atoms with Gasteiger partial charge in [0.05, 0.1) is 0 Å². The Morgan fingerprint density at radius 1 is 1.00 bits per heavy atom. The summed E-state index contributed by atoms with van der Waals surface area (Å²) >= 11 is 0. The summed E-state index contributed by atoms with van der Waals surface area (Å²) in [6.45, 7) is 3.77. The minimum absolute atomic E-state index is 0.142. The molecule has 2 aromatic carbocycles. The lowest BCUT2D eigenvalue weighted by molar-refractivity contribution is 0.468. The third-order valence-electron chi connectivity index (χ3n) is 3.66. The van der Waals surface area contributed by atoms with Crippen LogP contribution in [-0.4, -0.2) is 5.11 Å². The van der Waals surface area contributed by atoms with Gasteiger partial charge in [-0.25, -0.2) is 4.79 Å². The first kappa shape index (κ1) is 12.5. The van der Waals surface area contributed by atoms with E-state index in [1.807, 2.05) is 44.2 Å². The van der Waals surface area contributed by atoms with E-state index in [9.17, 15) is 9.90 Å². The Balaban J connectivity index is 2.49. The van der Waals surface area contributed by atoms with Crippen molar-refractivity contribution in [2.45, 2.75) is 13.8 Å². The summed E-state index contributed by atoms with van der Waals surface area (Å²) in [5.41, 5.74) is 3.50. The average Bonchev–Trinajstić information content (AvgIpc) is 2.45. The number of hydrogen-bond acceptors (Lipinski definition) is 3. The van der Waals surface area contributed by atoms with Crippen molar-refractivity contribution in [1.82, 2.24) is 0 Å². The van der Waals surface area contributed by atoms with Crippen LogP contribution in [0.4, 0.5) is 0 Å². The van der Waals surface area contributed by atoms with Gasteiger partial charge in [-0.15, -0.1) is 0 Å². The lowest BCUT2D eigenvalue weighted by Gasteiger charge is -2.11. The second-order valence-electron chi connectivity index (χ2n) is 4.86. The molecular weight excluding hydrogens is 252 g/mol. The van der Waals surface area contributed by atoms with Crippen LogP contribution in [0.3, 0.4) is 0 Å². The summed E-state index contributed by atoms with van der Waals surface area (Å²) in [5.74, 6) is 0.142. The number of fused-ring (bicyclic) bond motifs is 1. The fourth-order valence-corrected chi connectivity index (χ4v) is 2.46. The molecular formula is C17H14O3. The zero-order chi connectivity index (χ0) is 14.3. The van der Waals surface area contributed by atoms with Crippen LogP contribution < -0.4 is 5.63 Å². The molecule has 0 aliphatic heterocycles. The molecule has 0 aliphatic rings. The molecule has 1 N–H and O–H groups in total. The highest BCUT2D eigenvalue weighted by Crippen LogP contribution is 2.34. The Labute approximate surface area is 116 Å². The van der Waals surface area contributed by atoms with Crippen LogP contribution in [0.5, 0.6) is 5.75 Å². The molecule has 0 bridgehead atoms. The fraction of sp³-hybridized carbons (Fsp3) is 0.118. The van der Waals surface area contributed by atoms with Crippen molar-refractivity contribution in [1.29, 1.82) is 0 Å². The Hall–Kier alpha value is -2.55. The first-order chi connectivity index (χ1) is 9.58. The molecule has 0 saturated heterocycles. The van der Waals surface area contributed by atoms with E-state index in [1.54, 1.807) is 0 Å². The summed E-state index contributed by atoms with van der Waals surface area (Å²) < 4.78 is 5.22. The minimum atomic E-state index is -0.418. The van der Waals surface area contributed by atoms with Crippen molar-refractivity contribution in [3.05, 3.63) is 64.0 Å². The van der Waals surface area contributed by atoms with Crippen LogP contribution in [0, 0.1) is 13.8 Å². The number of phenolic OH excluding ortho intramolecular Hbond substituents is 1. The molecule has 0 unspecified atom stereocenters. The number of phenols is 1. The SMILES string of the molecule is Cc1c(O)cc2oc(=O)cc(-c3ccccc3)c2c1C. The molecule has 20 heavy (non-hydrogen) atoms. The first-order valence-corrected chi connectivity index (χ1v) is 6.40. The summed E-state index contributed by atoms with van der Waals surface area (Å²) in [7, 11) is 0. The van der Waals surface area contributed by atoms with Crippen molar-refractivity contribution in [2.75, 3.05) is 0 Å². The highest BCUT2D eigenvalue weighted by molar-refractivity contribution is 5.97. The zero-order valence-corrected chi connectivity index (χ0v) is 11.3. The van der Waals surface area contributed by atoms with Crippen molar-refractivity contribution in [2.24, 2.45) is 0 Å². The van der Waals surface area contributed by atoms with E-state index in [-0.39, 0.29) is 5.75 Å². The molecule has 3 nitrogen and oxygen atoms in total. The van der Waals surface area contributed by atoms with E-state index in [2.05, 4.69) is 0 Å². The third-order valence-corrected chi connectivity index (χ3v) is 3.66. The molecule has 0 radical (unpaired) electrons. The second-order valence-corrected chi connectivity index (χ2v) is 4.86. The lowest BCUT2D eigenvalue weighted by Crippen LogP contribution is -2.00. The quantitative estimate of drug-likeness (QED) is 0.682. The molecule has 3 aromatic rings. The van der Waals surface area contributed by atoms with Gasteiger partial charge < -0.3 is 9.52 Å². The van der Waals surface area contributed by atoms with Crippen LogP contribution in [-0.2, 0) is 0 Å². The fourth-order valence-electron chi connectivity index (χ4n) is 2.46. The first-order valence-electron chi connectivity index (χ1n) is 6.40. The van der Waals surface area contributed by atoms with E-state index in [1.165, 1.54) is 12.1 Å². The van der Waals surface area contributed by atoms with Gasteiger partial charge in [-0.2, -0.15) is 0 Å². The molecule has 3 heteroatoms. The average molecular weight is 266 g/mol. The molecule has 0 fully saturated rings. The van der Waals surface area contributed by atoms with Gasteiger partial charge in [-0.1, -0.05) is 30.3 Å². The Kier molecular flexibility index (Phi) is 2.83. The molecule has 1 heterocycles. The molecule has 3 rings (SSSR count). The minimum Gasteiger partial charge on any atom is -0.508 e. The van der Waals surface area contributed by atoms with Crippen LogP contribution in [0.15, 0.2) is 51.7 Å². The largest absolute Gasteiger partial charge is 0.508 e. The molecule has 0 spiro atoms. The van der Waals surface area contributed by atoms with Crippen LogP contribution >= 0.6 is 0 Å². The summed E-state index contributed by atoms with van der Waals surface area (Å²) in [6, 6.07) is 12.7. The molecule has 1 aromatic heterocycles. The van der Waals surface area contributed by atoms with Gasteiger partial charge in [0.25, 0.3) is 0 Å². The van der Waals surface area contributed by atoms with E-state index in [4.69, 9.17) is 4.42 Å². The van der Waals surface area contributed by atoms with Gasteiger partial charge in [0.1, 0.15) is 11.3 Å². The number of benzene rings is 2. The lowest BCUT2D eigenvalue weighted by atomic mass is 9.96. The number of aromatic hydroxyl groups is 1. The van der Waals surface area contributed by atoms with Crippen molar-refractivity contribution < 1.29 is 9.52 Å². The Morgan fingerprint density at radius 2 is 1.70 bits per heavy atom. The maximum Gasteiger partial charge on any atom is 0.336 e. The predicted octanol–water partition coefficient (Wildman–Crippen LogP) is 3.78. The maximum atomic E-state index is 11.7. The molecule has 0 amide bonds. The van der Waals surface area contributed by atoms with Gasteiger partial charge >= 0.3 is 5.63 Å². The highest BCUT2D eigenvalue weighted by atomic mass is 16.4. The van der Waals surface area contributed by atoms with Gasteiger partial charge in [0, 0.05) is 23.1 Å². The second kappa shape index (κ2) is 4.53. The highest BCUT2D eigenvalue weighted by Gasteiger charge is 2.14. The predicted molar refractivity (Wildman–Crippen MR) is 79.1 cm³/mol. The molecule has 0 aliphatic carbocycles. The van der Waals surface area contributed by atoms with Crippen molar-refractivity contribution in [3.63, 3.8) is 0 Å².